The highest BCUT2D eigenvalue weighted by atomic mass is 32.2. The predicted molar refractivity (Wildman–Crippen MR) is 137 cm³/mol. The number of thioether (sulfide) groups is 1. The Morgan fingerprint density at radius 2 is 1.71 bits per heavy atom. The van der Waals surface area contributed by atoms with Gasteiger partial charge in [-0.3, -0.25) is 4.79 Å². The minimum atomic E-state index is -4.04. The van der Waals surface area contributed by atoms with Crippen LogP contribution in [0.1, 0.15) is 29.7 Å². The van der Waals surface area contributed by atoms with E-state index in [-0.39, 0.29) is 23.1 Å². The van der Waals surface area contributed by atoms with E-state index in [0.717, 1.165) is 21.6 Å². The van der Waals surface area contributed by atoms with Crippen LogP contribution in [0, 0.1) is 6.92 Å². The van der Waals surface area contributed by atoms with Gasteiger partial charge in [-0.15, -0.1) is 11.8 Å². The Morgan fingerprint density at radius 3 is 2.32 bits per heavy atom. The second-order valence-electron chi connectivity index (χ2n) is 8.02. The smallest absolute Gasteiger partial charge is 0.244 e. The average Bonchev–Trinajstić information content (AvgIpc) is 2.84. The van der Waals surface area contributed by atoms with Gasteiger partial charge in [-0.2, -0.15) is 4.72 Å². The zero-order chi connectivity index (χ0) is 24.7. The molecule has 0 saturated heterocycles. The Kier molecular flexibility index (Phi) is 8.77. The van der Waals surface area contributed by atoms with Crippen LogP contribution in [0.5, 0.6) is 5.75 Å². The molecule has 6 nitrogen and oxygen atoms in total. The molecule has 0 aliphatic rings. The van der Waals surface area contributed by atoms with Crippen LogP contribution in [0.3, 0.4) is 0 Å². The lowest BCUT2D eigenvalue weighted by Crippen LogP contribution is -2.48. The SMILES string of the molecule is COc1ccc(C)cc1S(=O)(=O)NC(Cc1ccccc1)C(=O)NC(C)c1ccc(SC)cc1. The van der Waals surface area contributed by atoms with E-state index in [1.54, 1.807) is 30.8 Å². The van der Waals surface area contributed by atoms with Crippen molar-refractivity contribution in [3.63, 3.8) is 0 Å². The molecule has 1 amide bonds. The molecule has 0 aromatic heterocycles. The van der Waals surface area contributed by atoms with Gasteiger partial charge in [-0.25, -0.2) is 8.42 Å². The van der Waals surface area contributed by atoms with Crippen LogP contribution >= 0.6 is 11.8 Å². The number of carbonyl (C=O) groups excluding carboxylic acids is 1. The van der Waals surface area contributed by atoms with Gasteiger partial charge in [0.2, 0.25) is 15.9 Å². The number of sulfonamides is 1. The van der Waals surface area contributed by atoms with Crippen LogP contribution in [-0.2, 0) is 21.2 Å². The summed E-state index contributed by atoms with van der Waals surface area (Å²) in [6.45, 7) is 3.68. The molecule has 8 heteroatoms. The molecule has 0 heterocycles. The average molecular weight is 499 g/mol. The molecule has 0 aliphatic heterocycles. The quantitative estimate of drug-likeness (QED) is 0.402. The maximum atomic E-state index is 13.3. The third-order valence-electron chi connectivity index (χ3n) is 5.48. The summed E-state index contributed by atoms with van der Waals surface area (Å²) in [7, 11) is -2.62. The minimum absolute atomic E-state index is 0.00145. The first kappa shape index (κ1) is 25.8. The minimum Gasteiger partial charge on any atom is -0.495 e. The number of carbonyl (C=O) groups is 1. The molecule has 0 radical (unpaired) electrons. The summed E-state index contributed by atoms with van der Waals surface area (Å²) in [6, 6.07) is 20.9. The molecular weight excluding hydrogens is 468 g/mol. The third kappa shape index (κ3) is 6.62. The maximum Gasteiger partial charge on any atom is 0.244 e. The molecule has 2 N–H and O–H groups in total. The molecule has 3 rings (SSSR count). The van der Waals surface area contributed by atoms with Gasteiger partial charge in [-0.1, -0.05) is 48.5 Å². The predicted octanol–water partition coefficient (Wildman–Crippen LogP) is 4.49. The van der Waals surface area contributed by atoms with E-state index in [0.29, 0.717) is 0 Å². The number of hydrogen-bond acceptors (Lipinski definition) is 5. The lowest BCUT2D eigenvalue weighted by molar-refractivity contribution is -0.123. The summed E-state index contributed by atoms with van der Waals surface area (Å²) in [5, 5.41) is 2.96. The second-order valence-corrected chi connectivity index (χ2v) is 10.6. The summed E-state index contributed by atoms with van der Waals surface area (Å²) >= 11 is 1.64. The first-order valence-corrected chi connectivity index (χ1v) is 13.6. The van der Waals surface area contributed by atoms with Crippen LogP contribution in [0.4, 0.5) is 0 Å². The molecule has 2 unspecified atom stereocenters. The summed E-state index contributed by atoms with van der Waals surface area (Å²) < 4.78 is 34.5. The molecule has 34 heavy (non-hydrogen) atoms. The standard InChI is InChI=1S/C26H30N2O4S2/c1-18-10-15-24(32-3)25(16-18)34(30,31)28-23(17-20-8-6-5-7-9-20)26(29)27-19(2)21-11-13-22(33-4)14-12-21/h5-16,19,23,28H,17H2,1-4H3,(H,27,29). The number of hydrogen-bond donors (Lipinski definition) is 2. The molecule has 3 aromatic carbocycles. The third-order valence-corrected chi connectivity index (χ3v) is 7.72. The number of nitrogens with one attached hydrogen (secondary N) is 2. The number of aryl methyl sites for hydroxylation is 1. The lowest BCUT2D eigenvalue weighted by atomic mass is 10.0. The Hall–Kier alpha value is -2.81. The monoisotopic (exact) mass is 498 g/mol. The molecule has 180 valence electrons. The van der Waals surface area contributed by atoms with E-state index >= 15 is 0 Å². The highest BCUT2D eigenvalue weighted by Gasteiger charge is 2.29. The van der Waals surface area contributed by atoms with E-state index in [9.17, 15) is 13.2 Å². The van der Waals surface area contributed by atoms with Crippen LogP contribution in [-0.4, -0.2) is 33.7 Å². The summed E-state index contributed by atoms with van der Waals surface area (Å²) in [6.07, 6.45) is 2.21. The number of methoxy groups -OCH3 is 1. The van der Waals surface area contributed by atoms with E-state index < -0.39 is 22.0 Å². The Morgan fingerprint density at radius 1 is 1.03 bits per heavy atom. The topological polar surface area (TPSA) is 84.5 Å². The fourth-order valence-electron chi connectivity index (χ4n) is 3.57. The van der Waals surface area contributed by atoms with Gasteiger partial charge >= 0.3 is 0 Å². The van der Waals surface area contributed by atoms with Crippen molar-refractivity contribution in [2.75, 3.05) is 13.4 Å². The molecule has 2 atom stereocenters. The molecular formula is C26H30N2O4S2. The van der Waals surface area contributed by atoms with Gasteiger partial charge in [0.1, 0.15) is 16.7 Å². The first-order chi connectivity index (χ1) is 16.2. The Balaban J connectivity index is 1.87. The second kappa shape index (κ2) is 11.6. The Bertz CT molecular complexity index is 1210. The lowest BCUT2D eigenvalue weighted by Gasteiger charge is -2.22. The van der Waals surface area contributed by atoms with Crippen LogP contribution in [0.15, 0.2) is 82.6 Å². The van der Waals surface area contributed by atoms with Gasteiger partial charge in [0.25, 0.3) is 0 Å². The van der Waals surface area contributed by atoms with E-state index in [2.05, 4.69) is 10.0 Å². The largest absolute Gasteiger partial charge is 0.495 e. The van der Waals surface area contributed by atoms with Crippen molar-refractivity contribution in [3.05, 3.63) is 89.5 Å². The molecule has 0 saturated carbocycles. The Labute approximate surface area is 206 Å². The van der Waals surface area contributed by atoms with Crippen molar-refractivity contribution in [2.24, 2.45) is 0 Å². The normalized spacial score (nSPS) is 13.2. The zero-order valence-corrected chi connectivity index (χ0v) is 21.4. The summed E-state index contributed by atoms with van der Waals surface area (Å²) in [5.74, 6) is -0.181. The van der Waals surface area contributed by atoms with Crippen LogP contribution in [0.2, 0.25) is 0 Å². The summed E-state index contributed by atoms with van der Waals surface area (Å²) in [5.41, 5.74) is 2.55. The van der Waals surface area contributed by atoms with E-state index in [1.807, 2.05) is 67.8 Å². The maximum absolute atomic E-state index is 13.3. The van der Waals surface area contributed by atoms with Crippen molar-refractivity contribution in [3.8, 4) is 5.75 Å². The fourth-order valence-corrected chi connectivity index (χ4v) is 5.43. The molecule has 0 fully saturated rings. The molecule has 3 aromatic rings. The van der Waals surface area contributed by atoms with Gasteiger partial charge in [0.15, 0.2) is 0 Å². The van der Waals surface area contributed by atoms with Crippen LogP contribution in [0.25, 0.3) is 0 Å². The van der Waals surface area contributed by atoms with E-state index in [4.69, 9.17) is 4.74 Å². The number of ether oxygens (including phenoxy) is 1. The number of benzene rings is 3. The van der Waals surface area contributed by atoms with Crippen LogP contribution < -0.4 is 14.8 Å². The van der Waals surface area contributed by atoms with Crippen molar-refractivity contribution in [1.82, 2.24) is 10.0 Å². The molecule has 0 spiro atoms. The highest BCUT2D eigenvalue weighted by Crippen LogP contribution is 2.25. The van der Waals surface area contributed by atoms with E-state index in [1.165, 1.54) is 13.2 Å². The van der Waals surface area contributed by atoms with Gasteiger partial charge in [-0.05, 0) is 67.5 Å². The summed E-state index contributed by atoms with van der Waals surface area (Å²) in [4.78, 5) is 14.4. The first-order valence-electron chi connectivity index (χ1n) is 10.9. The molecule has 0 aliphatic carbocycles. The fraction of sp³-hybridized carbons (Fsp3) is 0.269. The number of rotatable bonds is 10. The van der Waals surface area contributed by atoms with Gasteiger partial charge < -0.3 is 10.1 Å². The van der Waals surface area contributed by atoms with Crippen molar-refractivity contribution >= 4 is 27.7 Å². The van der Waals surface area contributed by atoms with Crippen molar-refractivity contribution in [1.29, 1.82) is 0 Å². The van der Waals surface area contributed by atoms with Crippen molar-refractivity contribution < 1.29 is 17.9 Å². The van der Waals surface area contributed by atoms with Crippen molar-refractivity contribution in [2.45, 2.75) is 42.1 Å². The van der Waals surface area contributed by atoms with Gasteiger partial charge in [0.05, 0.1) is 13.2 Å². The molecule has 0 bridgehead atoms. The zero-order valence-electron chi connectivity index (χ0n) is 19.7. The highest BCUT2D eigenvalue weighted by molar-refractivity contribution is 7.98. The number of amides is 1. The van der Waals surface area contributed by atoms with Gasteiger partial charge in [0, 0.05) is 4.90 Å².